The summed E-state index contributed by atoms with van der Waals surface area (Å²) in [6, 6.07) is 15.3. The third-order valence-corrected chi connectivity index (χ3v) is 5.73. The van der Waals surface area contributed by atoms with Crippen molar-refractivity contribution in [1.82, 2.24) is 10.2 Å². The van der Waals surface area contributed by atoms with Gasteiger partial charge in [-0.15, -0.1) is 5.10 Å². The number of ether oxygens (including phenoxy) is 3. The summed E-state index contributed by atoms with van der Waals surface area (Å²) in [7, 11) is 1.58. The second-order valence-electron chi connectivity index (χ2n) is 7.55. The first-order valence-electron chi connectivity index (χ1n) is 10.3. The molecule has 0 fully saturated rings. The van der Waals surface area contributed by atoms with Crippen LogP contribution < -0.4 is 14.2 Å². The number of nitrogens with zero attached hydrogens (tertiary/aromatic N) is 2. The van der Waals surface area contributed by atoms with Crippen molar-refractivity contribution in [2.24, 2.45) is 5.92 Å². The molecule has 32 heavy (non-hydrogen) atoms. The van der Waals surface area contributed by atoms with Gasteiger partial charge in [0.2, 0.25) is 11.8 Å². The molecule has 0 saturated carbocycles. The van der Waals surface area contributed by atoms with Gasteiger partial charge in [0.25, 0.3) is 0 Å². The van der Waals surface area contributed by atoms with E-state index in [1.54, 1.807) is 7.11 Å². The van der Waals surface area contributed by atoms with Gasteiger partial charge in [0.15, 0.2) is 11.5 Å². The van der Waals surface area contributed by atoms with Crippen molar-refractivity contribution in [3.8, 4) is 23.4 Å². The monoisotopic (exact) mass is 450 g/mol. The van der Waals surface area contributed by atoms with Crippen LogP contribution in [0.1, 0.15) is 41.6 Å². The van der Waals surface area contributed by atoms with Crippen LogP contribution in [0.5, 0.6) is 17.4 Å². The predicted octanol–water partition coefficient (Wildman–Crippen LogP) is 5.24. The average Bonchev–Trinajstić information content (AvgIpc) is 3.20. The minimum absolute atomic E-state index is 0.110. The molecule has 4 rings (SSSR count). The number of fused-ring (bicyclic) bond motifs is 1. The van der Waals surface area contributed by atoms with E-state index in [1.807, 2.05) is 42.5 Å². The molecule has 2 N–H and O–H groups in total. The van der Waals surface area contributed by atoms with Crippen LogP contribution in [0.15, 0.2) is 42.5 Å². The Morgan fingerprint density at radius 3 is 2.69 bits per heavy atom. The molecule has 2 aromatic carbocycles. The molecule has 0 spiro atoms. The summed E-state index contributed by atoms with van der Waals surface area (Å²) in [4.78, 5) is 0. The maximum Gasteiger partial charge on any atom is 0.243 e. The summed E-state index contributed by atoms with van der Waals surface area (Å²) in [5.41, 5.74) is 3.56. The van der Waals surface area contributed by atoms with Crippen LogP contribution in [0.2, 0.25) is 5.02 Å². The van der Waals surface area contributed by atoms with Crippen molar-refractivity contribution in [2.75, 3.05) is 7.11 Å². The fourth-order valence-corrected chi connectivity index (χ4v) is 4.05. The highest BCUT2D eigenvalue weighted by Crippen LogP contribution is 2.45. The molecule has 7 nitrogen and oxygen atoms in total. The van der Waals surface area contributed by atoms with Gasteiger partial charge in [-0.25, -0.2) is 0 Å². The number of nitrogens with one attached hydrogen (secondary N) is 2. The van der Waals surface area contributed by atoms with Crippen LogP contribution in [0.3, 0.4) is 0 Å². The number of hydrogen-bond acceptors (Lipinski definition) is 6. The highest BCUT2D eigenvalue weighted by atomic mass is 35.5. The van der Waals surface area contributed by atoms with Crippen LogP contribution in [0, 0.1) is 22.7 Å². The van der Waals surface area contributed by atoms with Gasteiger partial charge in [0, 0.05) is 22.2 Å². The highest BCUT2D eigenvalue weighted by molar-refractivity contribution is 6.30. The molecule has 0 bridgehead atoms. The molecule has 164 valence electrons. The van der Waals surface area contributed by atoms with E-state index in [4.69, 9.17) is 31.2 Å². The van der Waals surface area contributed by atoms with E-state index in [2.05, 4.69) is 23.2 Å². The molecule has 1 aliphatic rings. The van der Waals surface area contributed by atoms with Crippen LogP contribution in [-0.2, 0) is 13.0 Å². The lowest BCUT2D eigenvalue weighted by Crippen LogP contribution is -2.31. The summed E-state index contributed by atoms with van der Waals surface area (Å²) >= 11 is 5.95. The number of halogens is 1. The molecule has 0 radical (unpaired) electrons. The normalized spacial score (nSPS) is 17.2. The number of aryl methyl sites for hydroxylation is 1. The molecule has 2 heterocycles. The Kier molecular flexibility index (Phi) is 6.33. The summed E-state index contributed by atoms with van der Waals surface area (Å²) in [6.07, 6.45) is 1.68. The van der Waals surface area contributed by atoms with Gasteiger partial charge in [0.1, 0.15) is 12.5 Å². The third kappa shape index (κ3) is 4.14. The lowest BCUT2D eigenvalue weighted by molar-refractivity contribution is 0.284. The van der Waals surface area contributed by atoms with Gasteiger partial charge in [-0.3, -0.25) is 10.5 Å². The second kappa shape index (κ2) is 9.33. The minimum Gasteiger partial charge on any atom is -0.493 e. The Hall–Kier alpha value is -3.50. The minimum atomic E-state index is -0.763. The van der Waals surface area contributed by atoms with Crippen molar-refractivity contribution in [1.29, 1.82) is 10.7 Å². The largest absolute Gasteiger partial charge is 0.493 e. The molecule has 0 saturated heterocycles. The Labute approximate surface area is 191 Å². The molecular weight excluding hydrogens is 428 g/mol. The van der Waals surface area contributed by atoms with Gasteiger partial charge in [-0.05, 0) is 41.8 Å². The number of rotatable bonds is 7. The first-order valence-corrected chi connectivity index (χ1v) is 10.7. The number of aromatic amines is 1. The Balaban J connectivity index is 1.68. The van der Waals surface area contributed by atoms with Crippen LogP contribution >= 0.6 is 11.6 Å². The van der Waals surface area contributed by atoms with E-state index >= 15 is 0 Å². The summed E-state index contributed by atoms with van der Waals surface area (Å²) in [5, 5.41) is 26.0. The predicted molar refractivity (Wildman–Crippen MR) is 121 cm³/mol. The molecule has 8 heteroatoms. The van der Waals surface area contributed by atoms with Gasteiger partial charge in [-0.2, -0.15) is 5.26 Å². The first kappa shape index (κ1) is 21.7. The standard InChI is InChI=1S/C24H23ClN4O3/c1-3-4-18-22-21(17(12-26)23(27)32-24(22)29-28-18)15-7-10-19(20(11-15)30-2)31-13-14-5-8-16(25)9-6-14/h5-11,17,21,27H,3-4,13H2,1-2H3,(H,28,29)/t17?,21-/m0/s1. The van der Waals surface area contributed by atoms with Crippen molar-refractivity contribution >= 4 is 17.5 Å². The van der Waals surface area contributed by atoms with E-state index < -0.39 is 11.8 Å². The van der Waals surface area contributed by atoms with Crippen molar-refractivity contribution < 1.29 is 14.2 Å². The zero-order valence-corrected chi connectivity index (χ0v) is 18.6. The Morgan fingerprint density at radius 2 is 2.00 bits per heavy atom. The third-order valence-electron chi connectivity index (χ3n) is 5.47. The number of methoxy groups -OCH3 is 1. The van der Waals surface area contributed by atoms with Crippen molar-refractivity contribution in [3.05, 3.63) is 69.9 Å². The molecule has 2 atom stereocenters. The quantitative estimate of drug-likeness (QED) is 0.512. The van der Waals surface area contributed by atoms with E-state index in [9.17, 15) is 5.26 Å². The van der Waals surface area contributed by atoms with Crippen molar-refractivity contribution in [2.45, 2.75) is 32.3 Å². The summed E-state index contributed by atoms with van der Waals surface area (Å²) in [5.74, 6) is 0.229. The molecule has 1 aliphatic heterocycles. The van der Waals surface area contributed by atoms with Gasteiger partial charge >= 0.3 is 0 Å². The SMILES string of the molecule is CCCc1[nH]nc2c1[C@@H](c1ccc(OCc3ccc(Cl)cc3)c(OC)c1)C(C#N)C(=N)O2. The number of benzene rings is 2. The number of H-pyrrole nitrogens is 1. The molecule has 0 aliphatic carbocycles. The highest BCUT2D eigenvalue weighted by Gasteiger charge is 2.40. The van der Waals surface area contributed by atoms with E-state index in [0.717, 1.165) is 35.2 Å². The summed E-state index contributed by atoms with van der Waals surface area (Å²) < 4.78 is 17.1. The molecule has 1 unspecified atom stereocenters. The zero-order chi connectivity index (χ0) is 22.7. The lowest BCUT2D eigenvalue weighted by atomic mass is 9.79. The second-order valence-corrected chi connectivity index (χ2v) is 7.98. The lowest BCUT2D eigenvalue weighted by Gasteiger charge is -2.28. The molecule has 1 aromatic heterocycles. The Bertz CT molecular complexity index is 1170. The number of aromatic nitrogens is 2. The number of hydrogen-bond donors (Lipinski definition) is 2. The van der Waals surface area contributed by atoms with Gasteiger partial charge in [0.05, 0.1) is 13.2 Å². The number of nitriles is 1. The smallest absolute Gasteiger partial charge is 0.243 e. The molecular formula is C24H23ClN4O3. The fraction of sp³-hybridized carbons (Fsp3) is 0.292. The molecule has 0 amide bonds. The molecule has 3 aromatic rings. The maximum atomic E-state index is 9.82. The van der Waals surface area contributed by atoms with E-state index in [-0.39, 0.29) is 5.90 Å². The van der Waals surface area contributed by atoms with E-state index in [0.29, 0.717) is 29.0 Å². The zero-order valence-electron chi connectivity index (χ0n) is 17.8. The Morgan fingerprint density at radius 1 is 1.22 bits per heavy atom. The average molecular weight is 451 g/mol. The van der Waals surface area contributed by atoms with Gasteiger partial charge in [-0.1, -0.05) is 43.1 Å². The topological polar surface area (TPSA) is 104 Å². The summed E-state index contributed by atoms with van der Waals surface area (Å²) in [6.45, 7) is 2.44. The van der Waals surface area contributed by atoms with Crippen LogP contribution in [0.4, 0.5) is 0 Å². The van der Waals surface area contributed by atoms with E-state index in [1.165, 1.54) is 0 Å². The first-order chi connectivity index (χ1) is 15.5. The fourth-order valence-electron chi connectivity index (χ4n) is 3.92. The van der Waals surface area contributed by atoms with Crippen molar-refractivity contribution in [3.63, 3.8) is 0 Å². The van der Waals surface area contributed by atoms with Crippen LogP contribution in [-0.4, -0.2) is 23.2 Å². The van der Waals surface area contributed by atoms with Crippen LogP contribution in [0.25, 0.3) is 0 Å². The maximum absolute atomic E-state index is 9.82. The van der Waals surface area contributed by atoms with Gasteiger partial charge < -0.3 is 14.2 Å².